The average molecular weight is 398 g/mol. The van der Waals surface area contributed by atoms with Gasteiger partial charge in [0.2, 0.25) is 0 Å². The number of alkyl carbamates (subject to hydrolysis) is 1. The monoisotopic (exact) mass is 397 g/mol. The van der Waals surface area contributed by atoms with Crippen molar-refractivity contribution in [1.82, 2.24) is 5.32 Å². The molecule has 1 aromatic rings. The predicted molar refractivity (Wildman–Crippen MR) is 106 cm³/mol. The molecule has 1 aromatic carbocycles. The Labute approximate surface area is 165 Å². The molecule has 0 aliphatic rings. The first-order valence-electron chi connectivity index (χ1n) is 9.06. The van der Waals surface area contributed by atoms with Crippen LogP contribution in [0.3, 0.4) is 0 Å². The lowest BCUT2D eigenvalue weighted by molar-refractivity contribution is -0.148. The van der Waals surface area contributed by atoms with E-state index < -0.39 is 34.9 Å². The van der Waals surface area contributed by atoms with Crippen LogP contribution in [0, 0.1) is 5.92 Å². The zero-order valence-corrected chi connectivity index (χ0v) is 18.0. The van der Waals surface area contributed by atoms with E-state index in [1.165, 1.54) is 0 Å². The standard InChI is InChI=1S/C20H31NO5S/c1-13(2)17(21-19(23)26-20(5,6)7)18(22)25-12-15-8-10-16(11-9-15)27(24)14(3)4/h8-11,13-14,17H,12H2,1-7H3,(H,21,23)/t17-,27?/m0/s1. The van der Waals surface area contributed by atoms with Gasteiger partial charge in [0.15, 0.2) is 4.90 Å². The van der Waals surface area contributed by atoms with Gasteiger partial charge in [0.05, 0.1) is 0 Å². The Morgan fingerprint density at radius 3 is 2.11 bits per heavy atom. The highest BCUT2D eigenvalue weighted by molar-refractivity contribution is 7.92. The van der Waals surface area contributed by atoms with E-state index in [0.717, 1.165) is 10.5 Å². The van der Waals surface area contributed by atoms with Crippen LogP contribution in [-0.2, 0) is 32.1 Å². The van der Waals surface area contributed by atoms with Gasteiger partial charge < -0.3 is 19.3 Å². The van der Waals surface area contributed by atoms with Crippen molar-refractivity contribution in [3.8, 4) is 0 Å². The van der Waals surface area contributed by atoms with Crippen LogP contribution in [0.25, 0.3) is 0 Å². The molecule has 7 heteroatoms. The number of carbonyl (C=O) groups is 2. The molecule has 27 heavy (non-hydrogen) atoms. The van der Waals surface area contributed by atoms with Crippen molar-refractivity contribution in [2.45, 2.75) is 76.9 Å². The Hall–Kier alpha value is -1.73. The van der Waals surface area contributed by atoms with Gasteiger partial charge in [0, 0.05) is 0 Å². The van der Waals surface area contributed by atoms with Crippen LogP contribution in [-0.4, -0.2) is 33.5 Å². The van der Waals surface area contributed by atoms with E-state index in [9.17, 15) is 14.1 Å². The number of hydrogen-bond donors (Lipinski definition) is 1. The predicted octanol–water partition coefficient (Wildman–Crippen LogP) is 3.80. The minimum Gasteiger partial charge on any atom is -0.611 e. The van der Waals surface area contributed by atoms with E-state index in [1.807, 2.05) is 27.7 Å². The highest BCUT2D eigenvalue weighted by atomic mass is 32.2. The maximum absolute atomic E-state index is 12.4. The number of amides is 1. The van der Waals surface area contributed by atoms with Gasteiger partial charge in [0.1, 0.15) is 23.5 Å². The molecule has 0 spiro atoms. The molecule has 152 valence electrons. The summed E-state index contributed by atoms with van der Waals surface area (Å²) in [4.78, 5) is 25.1. The Balaban J connectivity index is 2.65. The number of rotatable bonds is 7. The lowest BCUT2D eigenvalue weighted by Gasteiger charge is -2.24. The van der Waals surface area contributed by atoms with Crippen molar-refractivity contribution in [3.05, 3.63) is 29.8 Å². The Morgan fingerprint density at radius 1 is 1.11 bits per heavy atom. The first kappa shape index (κ1) is 23.3. The number of hydrogen-bond acceptors (Lipinski definition) is 5. The van der Waals surface area contributed by atoms with Crippen LogP contribution in [0.1, 0.15) is 54.0 Å². The molecule has 6 nitrogen and oxygen atoms in total. The normalized spacial score (nSPS) is 14.0. The van der Waals surface area contributed by atoms with Crippen LogP contribution < -0.4 is 5.32 Å². The van der Waals surface area contributed by atoms with Crippen molar-refractivity contribution in [2.24, 2.45) is 5.92 Å². The molecule has 0 heterocycles. The largest absolute Gasteiger partial charge is 0.611 e. The van der Waals surface area contributed by atoms with Crippen molar-refractivity contribution >= 4 is 23.2 Å². The summed E-state index contributed by atoms with van der Waals surface area (Å²) in [6.45, 7) is 12.8. The molecule has 0 aliphatic heterocycles. The minimum atomic E-state index is -1.05. The molecule has 1 rings (SSSR count). The molecule has 0 saturated carbocycles. The van der Waals surface area contributed by atoms with E-state index in [4.69, 9.17) is 9.47 Å². The first-order valence-corrected chi connectivity index (χ1v) is 10.3. The van der Waals surface area contributed by atoms with Crippen molar-refractivity contribution in [2.75, 3.05) is 0 Å². The molecule has 1 N–H and O–H groups in total. The van der Waals surface area contributed by atoms with Gasteiger partial charge in [-0.2, -0.15) is 0 Å². The topological polar surface area (TPSA) is 87.7 Å². The lowest BCUT2D eigenvalue weighted by Crippen LogP contribution is -2.47. The lowest BCUT2D eigenvalue weighted by atomic mass is 10.1. The summed E-state index contributed by atoms with van der Waals surface area (Å²) in [7, 11) is 0. The molecule has 0 saturated heterocycles. The molecular formula is C20H31NO5S. The number of nitrogens with one attached hydrogen (secondary N) is 1. The summed E-state index contributed by atoms with van der Waals surface area (Å²) in [5.74, 6) is -0.674. The molecule has 0 aliphatic carbocycles. The van der Waals surface area contributed by atoms with E-state index in [0.29, 0.717) is 0 Å². The zero-order chi connectivity index (χ0) is 20.8. The molecule has 0 bridgehead atoms. The number of benzene rings is 1. The zero-order valence-electron chi connectivity index (χ0n) is 17.2. The van der Waals surface area contributed by atoms with Crippen LogP contribution in [0.15, 0.2) is 29.2 Å². The fourth-order valence-electron chi connectivity index (χ4n) is 2.17. The van der Waals surface area contributed by atoms with Crippen LogP contribution in [0.5, 0.6) is 0 Å². The highest BCUT2D eigenvalue weighted by Gasteiger charge is 2.28. The van der Waals surface area contributed by atoms with Crippen molar-refractivity contribution < 1.29 is 23.6 Å². The van der Waals surface area contributed by atoms with E-state index in [1.54, 1.807) is 45.0 Å². The molecule has 2 atom stereocenters. The second kappa shape index (κ2) is 9.99. The second-order valence-corrected chi connectivity index (χ2v) is 9.97. The summed E-state index contributed by atoms with van der Waals surface area (Å²) in [6, 6.07) is 6.33. The second-order valence-electron chi connectivity index (χ2n) is 7.97. The molecule has 0 fully saturated rings. The summed E-state index contributed by atoms with van der Waals surface area (Å²) in [5, 5.41) is 2.61. The third-order valence-corrected chi connectivity index (χ3v) is 5.15. The van der Waals surface area contributed by atoms with E-state index in [-0.39, 0.29) is 17.8 Å². The van der Waals surface area contributed by atoms with Crippen LogP contribution >= 0.6 is 0 Å². The van der Waals surface area contributed by atoms with Crippen LogP contribution in [0.2, 0.25) is 0 Å². The van der Waals surface area contributed by atoms with Gasteiger partial charge in [0.25, 0.3) is 0 Å². The summed E-state index contributed by atoms with van der Waals surface area (Å²) >= 11 is -1.05. The van der Waals surface area contributed by atoms with Gasteiger partial charge in [-0.15, -0.1) is 0 Å². The highest BCUT2D eigenvalue weighted by Crippen LogP contribution is 2.17. The number of ether oxygens (including phenoxy) is 2. The van der Waals surface area contributed by atoms with Crippen molar-refractivity contribution in [1.29, 1.82) is 0 Å². The summed E-state index contributed by atoms with van der Waals surface area (Å²) in [6.07, 6.45) is -0.654. The molecule has 1 amide bonds. The fourth-order valence-corrected chi connectivity index (χ4v) is 3.12. The third-order valence-electron chi connectivity index (χ3n) is 3.56. The van der Waals surface area contributed by atoms with Gasteiger partial charge in [-0.1, -0.05) is 26.0 Å². The Bertz CT molecular complexity index is 622. The maximum Gasteiger partial charge on any atom is 0.408 e. The summed E-state index contributed by atoms with van der Waals surface area (Å²) in [5.41, 5.74) is 0.139. The number of carbonyl (C=O) groups excluding carboxylic acids is 2. The van der Waals surface area contributed by atoms with Gasteiger partial charge in [-0.05, 0) is 69.4 Å². The SMILES string of the molecule is CC(C)[C@H](NC(=O)OC(C)(C)C)C(=O)OCc1ccc([S+]([O-])C(C)C)cc1. The maximum atomic E-state index is 12.4. The molecule has 0 radical (unpaired) electrons. The Morgan fingerprint density at radius 2 is 1.67 bits per heavy atom. The van der Waals surface area contributed by atoms with Gasteiger partial charge >= 0.3 is 12.1 Å². The first-order chi connectivity index (χ1) is 12.4. The minimum absolute atomic E-state index is 0.0411. The summed E-state index contributed by atoms with van der Waals surface area (Å²) < 4.78 is 22.6. The quantitative estimate of drug-likeness (QED) is 0.558. The van der Waals surface area contributed by atoms with Gasteiger partial charge in [-0.3, -0.25) is 0 Å². The van der Waals surface area contributed by atoms with E-state index >= 15 is 0 Å². The van der Waals surface area contributed by atoms with E-state index in [2.05, 4.69) is 5.32 Å². The molecular weight excluding hydrogens is 366 g/mol. The molecule has 1 unspecified atom stereocenters. The smallest absolute Gasteiger partial charge is 0.408 e. The van der Waals surface area contributed by atoms with Gasteiger partial charge in [-0.25, -0.2) is 9.59 Å². The fraction of sp³-hybridized carbons (Fsp3) is 0.600. The van der Waals surface area contributed by atoms with Crippen LogP contribution in [0.4, 0.5) is 4.79 Å². The third kappa shape index (κ3) is 8.22. The Kier molecular flexibility index (Phi) is 8.62. The van der Waals surface area contributed by atoms with Crippen molar-refractivity contribution in [3.63, 3.8) is 0 Å². The average Bonchev–Trinajstić information content (AvgIpc) is 2.55. The molecule has 0 aromatic heterocycles. The number of esters is 1.